The summed E-state index contributed by atoms with van der Waals surface area (Å²) in [6, 6.07) is 3.54. The van der Waals surface area contributed by atoms with Gasteiger partial charge in [0.25, 0.3) is 0 Å². The van der Waals surface area contributed by atoms with Gasteiger partial charge in [-0.25, -0.2) is 0 Å². The van der Waals surface area contributed by atoms with Gasteiger partial charge in [0.15, 0.2) is 0 Å². The molecular weight excluding hydrogens is 308 g/mol. The molecule has 18 heavy (non-hydrogen) atoms. The van der Waals surface area contributed by atoms with E-state index in [1.807, 2.05) is 11.3 Å². The van der Waals surface area contributed by atoms with Crippen molar-refractivity contribution in [1.82, 2.24) is 4.90 Å². The second-order valence-electron chi connectivity index (χ2n) is 5.29. The van der Waals surface area contributed by atoms with Crippen LogP contribution in [0, 0.1) is 0 Å². The maximum atomic E-state index is 6.38. The molecule has 1 fully saturated rings. The highest BCUT2D eigenvalue weighted by molar-refractivity contribution is 9.10. The summed E-state index contributed by atoms with van der Waals surface area (Å²) in [6.45, 7) is 2.18. The summed E-state index contributed by atoms with van der Waals surface area (Å²) >= 11 is 5.38. The first-order valence-electron chi connectivity index (χ1n) is 6.85. The van der Waals surface area contributed by atoms with Crippen molar-refractivity contribution in [2.24, 2.45) is 5.73 Å². The highest BCUT2D eigenvalue weighted by Gasteiger charge is 2.30. The van der Waals surface area contributed by atoms with E-state index in [2.05, 4.69) is 46.2 Å². The zero-order valence-corrected chi connectivity index (χ0v) is 13.6. The van der Waals surface area contributed by atoms with Crippen molar-refractivity contribution in [1.29, 1.82) is 0 Å². The topological polar surface area (TPSA) is 29.3 Å². The van der Waals surface area contributed by atoms with Crippen LogP contribution in [-0.4, -0.2) is 24.0 Å². The van der Waals surface area contributed by atoms with Crippen LogP contribution >= 0.6 is 27.3 Å². The molecule has 0 radical (unpaired) electrons. The number of hydrogen-bond acceptors (Lipinski definition) is 3. The van der Waals surface area contributed by atoms with E-state index in [0.717, 1.165) is 6.42 Å². The van der Waals surface area contributed by atoms with E-state index in [1.54, 1.807) is 0 Å². The Morgan fingerprint density at radius 1 is 1.50 bits per heavy atom. The van der Waals surface area contributed by atoms with E-state index in [9.17, 15) is 0 Å². The van der Waals surface area contributed by atoms with Gasteiger partial charge in [0.1, 0.15) is 0 Å². The largest absolute Gasteiger partial charge is 0.326 e. The van der Waals surface area contributed by atoms with Crippen molar-refractivity contribution in [2.45, 2.75) is 57.2 Å². The minimum absolute atomic E-state index is 0.223. The molecule has 0 aromatic carbocycles. The lowest BCUT2D eigenvalue weighted by atomic mass is 10.0. The van der Waals surface area contributed by atoms with E-state index in [-0.39, 0.29) is 6.04 Å². The minimum Gasteiger partial charge on any atom is -0.326 e. The Kier molecular flexibility index (Phi) is 5.24. The van der Waals surface area contributed by atoms with Crippen LogP contribution in [-0.2, 0) is 0 Å². The molecule has 1 aliphatic rings. The lowest BCUT2D eigenvalue weighted by Crippen LogP contribution is -2.42. The summed E-state index contributed by atoms with van der Waals surface area (Å²) in [6.07, 6.45) is 6.43. The van der Waals surface area contributed by atoms with Crippen LogP contribution in [0.5, 0.6) is 0 Å². The van der Waals surface area contributed by atoms with Crippen LogP contribution in [0.15, 0.2) is 15.9 Å². The van der Waals surface area contributed by atoms with Gasteiger partial charge in [0.05, 0.1) is 6.04 Å². The quantitative estimate of drug-likeness (QED) is 0.878. The normalized spacial score (nSPS) is 20.5. The van der Waals surface area contributed by atoms with Gasteiger partial charge in [-0.1, -0.05) is 19.8 Å². The zero-order valence-electron chi connectivity index (χ0n) is 11.2. The smallest absolute Gasteiger partial charge is 0.0593 e. The first kappa shape index (κ1) is 14.5. The monoisotopic (exact) mass is 330 g/mol. The van der Waals surface area contributed by atoms with Gasteiger partial charge in [0, 0.05) is 26.8 Å². The summed E-state index contributed by atoms with van der Waals surface area (Å²) in [7, 11) is 2.25. The zero-order chi connectivity index (χ0) is 13.1. The number of likely N-dealkylation sites (N-methyl/N-ethyl adjacent to an activating group) is 1. The van der Waals surface area contributed by atoms with Crippen molar-refractivity contribution in [3.63, 3.8) is 0 Å². The van der Waals surface area contributed by atoms with Crippen LogP contribution in [0.1, 0.15) is 49.9 Å². The number of hydrogen-bond donors (Lipinski definition) is 1. The molecule has 1 saturated carbocycles. The predicted octanol–water partition coefficient (Wildman–Crippen LogP) is 4.16. The lowest BCUT2D eigenvalue weighted by Gasteiger charge is -2.36. The van der Waals surface area contributed by atoms with Crippen LogP contribution in [0.3, 0.4) is 0 Å². The molecule has 102 valence electrons. The van der Waals surface area contributed by atoms with Gasteiger partial charge < -0.3 is 5.73 Å². The molecule has 2 atom stereocenters. The number of thiophene rings is 1. The molecule has 0 aliphatic heterocycles. The minimum atomic E-state index is 0.223. The summed E-state index contributed by atoms with van der Waals surface area (Å²) in [4.78, 5) is 3.92. The molecule has 4 heteroatoms. The third-order valence-electron chi connectivity index (χ3n) is 4.10. The molecule has 1 aromatic rings. The molecular formula is C14H23BrN2S. The Labute approximate surface area is 123 Å². The van der Waals surface area contributed by atoms with Gasteiger partial charge in [-0.05, 0) is 48.3 Å². The van der Waals surface area contributed by atoms with E-state index >= 15 is 0 Å². The van der Waals surface area contributed by atoms with Crippen LogP contribution in [0.2, 0.25) is 0 Å². The predicted molar refractivity (Wildman–Crippen MR) is 83.0 cm³/mol. The van der Waals surface area contributed by atoms with Gasteiger partial charge in [-0.3, -0.25) is 4.90 Å². The number of rotatable bonds is 5. The van der Waals surface area contributed by atoms with Gasteiger partial charge >= 0.3 is 0 Å². The van der Waals surface area contributed by atoms with Crippen molar-refractivity contribution in [3.05, 3.63) is 20.8 Å². The highest BCUT2D eigenvalue weighted by Crippen LogP contribution is 2.35. The van der Waals surface area contributed by atoms with Crippen molar-refractivity contribution in [3.8, 4) is 0 Å². The fourth-order valence-corrected chi connectivity index (χ4v) is 4.63. The maximum Gasteiger partial charge on any atom is 0.0593 e. The van der Waals surface area contributed by atoms with Gasteiger partial charge in [0.2, 0.25) is 0 Å². The molecule has 2 nitrogen and oxygen atoms in total. The van der Waals surface area contributed by atoms with Crippen LogP contribution < -0.4 is 5.73 Å². The Bertz CT molecular complexity index is 374. The number of halogens is 1. The Hall–Kier alpha value is 0.1000. The average molecular weight is 331 g/mol. The second-order valence-corrected chi connectivity index (χ2v) is 7.15. The molecule has 2 N–H and O–H groups in total. The Morgan fingerprint density at radius 3 is 2.67 bits per heavy atom. The second kappa shape index (κ2) is 6.51. The fraction of sp³-hybridized carbons (Fsp3) is 0.714. The molecule has 0 spiro atoms. The van der Waals surface area contributed by atoms with E-state index in [0.29, 0.717) is 12.1 Å². The first-order valence-corrected chi connectivity index (χ1v) is 8.52. The molecule has 2 rings (SSSR count). The summed E-state index contributed by atoms with van der Waals surface area (Å²) < 4.78 is 1.18. The molecule has 0 bridgehead atoms. The third kappa shape index (κ3) is 3.16. The van der Waals surface area contributed by atoms with Crippen LogP contribution in [0.25, 0.3) is 0 Å². The summed E-state index contributed by atoms with van der Waals surface area (Å²) in [5.74, 6) is 0. The van der Waals surface area contributed by atoms with Gasteiger partial charge in [-0.15, -0.1) is 11.3 Å². The summed E-state index contributed by atoms with van der Waals surface area (Å²) in [5.41, 5.74) is 6.38. The van der Waals surface area contributed by atoms with Crippen molar-refractivity contribution < 1.29 is 0 Å². The lowest BCUT2D eigenvalue weighted by molar-refractivity contribution is 0.153. The molecule has 2 unspecified atom stereocenters. The molecule has 1 heterocycles. The van der Waals surface area contributed by atoms with Crippen molar-refractivity contribution in [2.75, 3.05) is 7.05 Å². The molecule has 0 amide bonds. The SMILES string of the molecule is CCC(N)C(c1cc(Br)cs1)N(C)C1CCCC1. The summed E-state index contributed by atoms with van der Waals surface area (Å²) in [5, 5.41) is 2.16. The van der Waals surface area contributed by atoms with E-state index in [4.69, 9.17) is 5.73 Å². The fourth-order valence-electron chi connectivity index (χ4n) is 2.96. The average Bonchev–Trinajstić information content (AvgIpc) is 3.00. The standard InChI is InChI=1S/C14H23BrN2S/c1-3-12(16)14(13-8-10(15)9-18-13)17(2)11-6-4-5-7-11/h8-9,11-12,14H,3-7,16H2,1-2H3. The van der Waals surface area contributed by atoms with E-state index in [1.165, 1.54) is 35.0 Å². The van der Waals surface area contributed by atoms with E-state index < -0.39 is 0 Å². The molecule has 0 saturated heterocycles. The van der Waals surface area contributed by atoms with Crippen molar-refractivity contribution >= 4 is 27.3 Å². The number of nitrogens with zero attached hydrogens (tertiary/aromatic N) is 1. The number of nitrogens with two attached hydrogens (primary N) is 1. The molecule has 1 aromatic heterocycles. The highest BCUT2D eigenvalue weighted by atomic mass is 79.9. The third-order valence-corrected chi connectivity index (χ3v) is 5.86. The van der Waals surface area contributed by atoms with Gasteiger partial charge in [-0.2, -0.15) is 0 Å². The Morgan fingerprint density at radius 2 is 2.17 bits per heavy atom. The Balaban J connectivity index is 2.18. The van der Waals surface area contributed by atoms with Crippen LogP contribution in [0.4, 0.5) is 0 Å². The maximum absolute atomic E-state index is 6.38. The molecule has 1 aliphatic carbocycles. The first-order chi connectivity index (χ1) is 8.63.